The Kier molecular flexibility index (Phi) is 1.63. The van der Waals surface area contributed by atoms with Crippen LogP contribution in [0.5, 0.6) is 0 Å². The minimum atomic E-state index is -0.930. The molecule has 13 heavy (non-hydrogen) atoms. The lowest BCUT2D eigenvalue weighted by molar-refractivity contribution is 0.0690. The van der Waals surface area contributed by atoms with Gasteiger partial charge in [-0.3, -0.25) is 0 Å². The highest BCUT2D eigenvalue weighted by molar-refractivity contribution is 7.18. The monoisotopic (exact) mass is 196 g/mol. The molecule has 0 saturated carbocycles. The first-order chi connectivity index (χ1) is 6.09. The minimum absolute atomic E-state index is 0.244. The van der Waals surface area contributed by atoms with Crippen molar-refractivity contribution in [2.24, 2.45) is 0 Å². The summed E-state index contributed by atoms with van der Waals surface area (Å²) < 4.78 is 0.940. The van der Waals surface area contributed by atoms with E-state index < -0.39 is 5.97 Å². The topological polar surface area (TPSA) is 66.0 Å². The molecule has 2 heterocycles. The fourth-order valence-electron chi connectivity index (χ4n) is 1.31. The zero-order valence-corrected chi connectivity index (χ0v) is 8.03. The zero-order chi connectivity index (χ0) is 9.59. The lowest BCUT2D eigenvalue weighted by Crippen LogP contribution is -1.98. The highest BCUT2D eigenvalue weighted by Crippen LogP contribution is 2.26. The quantitative estimate of drug-likeness (QED) is 0.732. The van der Waals surface area contributed by atoms with Crippen LogP contribution in [0.25, 0.3) is 10.3 Å². The largest absolute Gasteiger partial charge is 0.477 e. The third-order valence-electron chi connectivity index (χ3n) is 1.91. The summed E-state index contributed by atoms with van der Waals surface area (Å²) in [4.78, 5) is 17.7. The molecule has 0 aliphatic carbocycles. The van der Waals surface area contributed by atoms with Gasteiger partial charge in [-0.05, 0) is 13.8 Å². The van der Waals surface area contributed by atoms with Gasteiger partial charge in [0, 0.05) is 5.56 Å². The summed E-state index contributed by atoms with van der Waals surface area (Å²) in [6.07, 6.45) is 0. The van der Waals surface area contributed by atoms with Crippen LogP contribution >= 0.6 is 11.3 Å². The van der Waals surface area contributed by atoms with E-state index in [2.05, 4.69) is 9.97 Å². The van der Waals surface area contributed by atoms with Crippen LogP contribution in [0, 0.1) is 13.8 Å². The standard InChI is InChI=1S/C8H8N2O2S/c1-3-5(8(11)12)10-7-6(3)13-4(2)9-7/h10H,1-2H3,(H,11,12). The van der Waals surface area contributed by atoms with E-state index in [1.54, 1.807) is 6.92 Å². The van der Waals surface area contributed by atoms with Gasteiger partial charge in [-0.2, -0.15) is 0 Å². The molecular formula is C8H8N2O2S. The van der Waals surface area contributed by atoms with Crippen molar-refractivity contribution in [3.63, 3.8) is 0 Å². The average Bonchev–Trinajstić information content (AvgIpc) is 2.51. The van der Waals surface area contributed by atoms with Crippen molar-refractivity contribution in [3.05, 3.63) is 16.3 Å². The smallest absolute Gasteiger partial charge is 0.352 e. The summed E-state index contributed by atoms with van der Waals surface area (Å²) in [7, 11) is 0. The zero-order valence-electron chi connectivity index (χ0n) is 7.21. The number of hydrogen-bond acceptors (Lipinski definition) is 3. The molecule has 0 atom stereocenters. The lowest BCUT2D eigenvalue weighted by atomic mass is 10.3. The minimum Gasteiger partial charge on any atom is -0.477 e. The van der Waals surface area contributed by atoms with Gasteiger partial charge in [-0.15, -0.1) is 11.3 Å². The van der Waals surface area contributed by atoms with E-state index in [4.69, 9.17) is 5.11 Å². The lowest BCUT2D eigenvalue weighted by Gasteiger charge is -1.89. The van der Waals surface area contributed by atoms with Gasteiger partial charge in [0.15, 0.2) is 0 Å². The summed E-state index contributed by atoms with van der Waals surface area (Å²) in [5.41, 5.74) is 1.69. The Labute approximate surface area is 78.2 Å². The van der Waals surface area contributed by atoms with Crippen LogP contribution in [0.2, 0.25) is 0 Å². The van der Waals surface area contributed by atoms with Crippen molar-refractivity contribution < 1.29 is 9.90 Å². The molecule has 0 aliphatic rings. The van der Waals surface area contributed by atoms with Gasteiger partial charge >= 0.3 is 5.97 Å². The Morgan fingerprint density at radius 1 is 1.54 bits per heavy atom. The second-order valence-electron chi connectivity index (χ2n) is 2.84. The Balaban J connectivity index is 2.76. The number of aromatic amines is 1. The van der Waals surface area contributed by atoms with Crippen molar-refractivity contribution in [3.8, 4) is 0 Å². The molecule has 0 fully saturated rings. The SMILES string of the molecule is Cc1nc2[nH]c(C(=O)O)c(C)c2s1. The number of hydrogen-bond donors (Lipinski definition) is 2. The second-order valence-corrected chi connectivity index (χ2v) is 4.04. The first kappa shape index (κ1) is 8.25. The summed E-state index contributed by atoms with van der Waals surface area (Å²) >= 11 is 1.51. The number of aryl methyl sites for hydroxylation is 2. The summed E-state index contributed by atoms with van der Waals surface area (Å²) in [6.45, 7) is 3.69. The fourth-order valence-corrected chi connectivity index (χ4v) is 2.19. The van der Waals surface area contributed by atoms with Crippen LogP contribution in [0.1, 0.15) is 21.1 Å². The molecule has 2 aromatic heterocycles. The fraction of sp³-hybridized carbons (Fsp3) is 0.250. The van der Waals surface area contributed by atoms with Gasteiger partial charge in [0.25, 0.3) is 0 Å². The maximum Gasteiger partial charge on any atom is 0.352 e. The van der Waals surface area contributed by atoms with E-state index in [-0.39, 0.29) is 5.69 Å². The van der Waals surface area contributed by atoms with Crippen LogP contribution in [0.15, 0.2) is 0 Å². The number of fused-ring (bicyclic) bond motifs is 1. The summed E-state index contributed by atoms with van der Waals surface area (Å²) in [5, 5.41) is 9.75. The number of aromatic nitrogens is 2. The van der Waals surface area contributed by atoms with Crippen LogP contribution in [0.4, 0.5) is 0 Å². The molecular weight excluding hydrogens is 188 g/mol. The molecule has 2 N–H and O–H groups in total. The van der Waals surface area contributed by atoms with Gasteiger partial charge in [-0.1, -0.05) is 0 Å². The van der Waals surface area contributed by atoms with Crippen LogP contribution < -0.4 is 0 Å². The third kappa shape index (κ3) is 1.12. The van der Waals surface area contributed by atoms with Gasteiger partial charge in [0.2, 0.25) is 0 Å². The van der Waals surface area contributed by atoms with E-state index in [1.807, 2.05) is 6.92 Å². The number of carbonyl (C=O) groups is 1. The third-order valence-corrected chi connectivity index (χ3v) is 3.00. The van der Waals surface area contributed by atoms with E-state index in [0.29, 0.717) is 5.65 Å². The molecule has 0 aliphatic heterocycles. The number of thiazole rings is 1. The number of nitrogens with one attached hydrogen (secondary N) is 1. The number of nitrogens with zero attached hydrogens (tertiary/aromatic N) is 1. The number of rotatable bonds is 1. The molecule has 0 amide bonds. The number of H-pyrrole nitrogens is 1. The molecule has 4 nitrogen and oxygen atoms in total. The summed E-state index contributed by atoms with van der Waals surface area (Å²) in [6, 6.07) is 0. The molecule has 0 radical (unpaired) electrons. The average molecular weight is 196 g/mol. The number of carboxylic acids is 1. The first-order valence-corrected chi connectivity index (χ1v) is 4.60. The second kappa shape index (κ2) is 2.56. The molecule has 0 unspecified atom stereocenters. The van der Waals surface area contributed by atoms with Crippen molar-refractivity contribution in [1.82, 2.24) is 9.97 Å². The van der Waals surface area contributed by atoms with Crippen molar-refractivity contribution >= 4 is 27.7 Å². The molecule has 5 heteroatoms. The van der Waals surface area contributed by atoms with Crippen molar-refractivity contribution in [2.45, 2.75) is 13.8 Å². The molecule has 0 aromatic carbocycles. The van der Waals surface area contributed by atoms with Crippen molar-refractivity contribution in [2.75, 3.05) is 0 Å². The van der Waals surface area contributed by atoms with Crippen LogP contribution in [-0.4, -0.2) is 21.0 Å². The van der Waals surface area contributed by atoms with Crippen LogP contribution in [-0.2, 0) is 0 Å². The van der Waals surface area contributed by atoms with Crippen molar-refractivity contribution in [1.29, 1.82) is 0 Å². The Morgan fingerprint density at radius 3 is 2.77 bits per heavy atom. The maximum absolute atomic E-state index is 10.7. The predicted molar refractivity (Wildman–Crippen MR) is 50.4 cm³/mol. The molecule has 0 spiro atoms. The Bertz CT molecular complexity index is 484. The van der Waals surface area contributed by atoms with Gasteiger partial charge in [0.1, 0.15) is 11.3 Å². The summed E-state index contributed by atoms with van der Waals surface area (Å²) in [5.74, 6) is -0.930. The van der Waals surface area contributed by atoms with Crippen LogP contribution in [0.3, 0.4) is 0 Å². The first-order valence-electron chi connectivity index (χ1n) is 3.78. The molecule has 2 aromatic rings. The maximum atomic E-state index is 10.7. The van der Waals surface area contributed by atoms with Gasteiger partial charge in [-0.25, -0.2) is 9.78 Å². The highest BCUT2D eigenvalue weighted by atomic mass is 32.1. The van der Waals surface area contributed by atoms with Gasteiger partial charge < -0.3 is 10.1 Å². The van der Waals surface area contributed by atoms with E-state index in [0.717, 1.165) is 15.3 Å². The Hall–Kier alpha value is -1.36. The Morgan fingerprint density at radius 2 is 2.23 bits per heavy atom. The van der Waals surface area contributed by atoms with E-state index in [9.17, 15) is 4.79 Å². The van der Waals surface area contributed by atoms with E-state index in [1.165, 1.54) is 11.3 Å². The van der Waals surface area contributed by atoms with E-state index >= 15 is 0 Å². The molecule has 0 saturated heterocycles. The number of aromatic carboxylic acids is 1. The molecule has 0 bridgehead atoms. The predicted octanol–water partition coefficient (Wildman–Crippen LogP) is 1.94. The molecule has 68 valence electrons. The molecule has 2 rings (SSSR count). The number of carboxylic acid groups (broad SMARTS) is 1. The normalized spacial score (nSPS) is 10.9. The highest BCUT2D eigenvalue weighted by Gasteiger charge is 2.15. The van der Waals surface area contributed by atoms with Gasteiger partial charge in [0.05, 0.1) is 9.71 Å².